The van der Waals surface area contributed by atoms with E-state index in [0.717, 1.165) is 11.1 Å². The Bertz CT molecular complexity index is 994. The number of halogens is 1. The van der Waals surface area contributed by atoms with Crippen molar-refractivity contribution in [1.29, 1.82) is 0 Å². The molecule has 0 spiro atoms. The normalized spacial score (nSPS) is 17.7. The predicted octanol–water partition coefficient (Wildman–Crippen LogP) is 3.37. The van der Waals surface area contributed by atoms with Crippen LogP contribution in [0.1, 0.15) is 24.0 Å². The molecule has 0 aliphatic carbocycles. The molecule has 1 N–H and O–H groups in total. The van der Waals surface area contributed by atoms with Crippen molar-refractivity contribution < 1.29 is 17.9 Å². The van der Waals surface area contributed by atoms with E-state index in [1.54, 1.807) is 24.3 Å². The van der Waals surface area contributed by atoms with Gasteiger partial charge in [-0.1, -0.05) is 35.9 Å². The van der Waals surface area contributed by atoms with Gasteiger partial charge in [0.2, 0.25) is 15.9 Å². The van der Waals surface area contributed by atoms with Crippen molar-refractivity contribution in [2.75, 3.05) is 20.2 Å². The summed E-state index contributed by atoms with van der Waals surface area (Å²) >= 11 is 6.13. The number of nitrogens with zero attached hydrogens (tertiary/aromatic N) is 1. The summed E-state index contributed by atoms with van der Waals surface area (Å²) in [7, 11) is -2.31. The molecule has 0 aromatic heterocycles. The van der Waals surface area contributed by atoms with Crippen molar-refractivity contribution in [3.05, 3.63) is 58.6 Å². The summed E-state index contributed by atoms with van der Waals surface area (Å²) in [6, 6.07) is 12.4. The van der Waals surface area contributed by atoms with Crippen LogP contribution in [0.2, 0.25) is 5.02 Å². The van der Waals surface area contributed by atoms with E-state index in [0.29, 0.717) is 36.7 Å². The molecule has 0 saturated carbocycles. The van der Waals surface area contributed by atoms with E-state index >= 15 is 0 Å². The van der Waals surface area contributed by atoms with Crippen LogP contribution >= 0.6 is 11.6 Å². The molecule has 6 nitrogen and oxygen atoms in total. The van der Waals surface area contributed by atoms with Gasteiger partial charge < -0.3 is 10.1 Å². The number of benzene rings is 2. The van der Waals surface area contributed by atoms with Crippen LogP contribution in [-0.4, -0.2) is 38.8 Å². The molecule has 29 heavy (non-hydrogen) atoms. The topological polar surface area (TPSA) is 75.7 Å². The van der Waals surface area contributed by atoms with Gasteiger partial charge in [0.1, 0.15) is 10.6 Å². The quantitative estimate of drug-likeness (QED) is 0.753. The molecule has 156 valence electrons. The van der Waals surface area contributed by atoms with Crippen LogP contribution in [0.15, 0.2) is 47.4 Å². The van der Waals surface area contributed by atoms with E-state index in [-0.39, 0.29) is 17.3 Å². The summed E-state index contributed by atoms with van der Waals surface area (Å²) in [5.41, 5.74) is 1.66. The lowest BCUT2D eigenvalue weighted by Gasteiger charge is -2.31. The fraction of sp³-hybridized carbons (Fsp3) is 0.381. The van der Waals surface area contributed by atoms with E-state index < -0.39 is 15.9 Å². The Morgan fingerprint density at radius 3 is 2.76 bits per heavy atom. The molecule has 1 aliphatic rings. The SMILES string of the molecule is COc1ccc(C)cc1S(=O)(=O)N1CCC[C@H](C(=O)NCc2ccccc2Cl)C1. The molecule has 0 radical (unpaired) electrons. The molecule has 1 fully saturated rings. The van der Waals surface area contributed by atoms with Crippen LogP contribution in [0.4, 0.5) is 0 Å². The van der Waals surface area contributed by atoms with Gasteiger partial charge in [-0.15, -0.1) is 0 Å². The minimum Gasteiger partial charge on any atom is -0.495 e. The highest BCUT2D eigenvalue weighted by Gasteiger charge is 2.34. The van der Waals surface area contributed by atoms with Crippen LogP contribution in [-0.2, 0) is 21.4 Å². The minimum absolute atomic E-state index is 0.136. The maximum absolute atomic E-state index is 13.2. The Labute approximate surface area is 176 Å². The first-order chi connectivity index (χ1) is 13.8. The number of sulfonamides is 1. The molecule has 2 aromatic carbocycles. The largest absolute Gasteiger partial charge is 0.495 e. The average Bonchev–Trinajstić information content (AvgIpc) is 2.73. The van der Waals surface area contributed by atoms with Gasteiger partial charge in [-0.05, 0) is 49.1 Å². The van der Waals surface area contributed by atoms with Crippen molar-refractivity contribution in [3.8, 4) is 5.75 Å². The van der Waals surface area contributed by atoms with Crippen molar-refractivity contribution in [2.45, 2.75) is 31.2 Å². The average molecular weight is 437 g/mol. The zero-order chi connectivity index (χ0) is 21.0. The zero-order valence-electron chi connectivity index (χ0n) is 16.5. The summed E-state index contributed by atoms with van der Waals surface area (Å²) in [5.74, 6) is -0.265. The molecule has 1 amide bonds. The van der Waals surface area contributed by atoms with Crippen LogP contribution in [0.5, 0.6) is 5.75 Å². The number of carbonyl (C=O) groups is 1. The van der Waals surface area contributed by atoms with Crippen LogP contribution < -0.4 is 10.1 Å². The second-order valence-corrected chi connectivity index (χ2v) is 9.48. The molecular weight excluding hydrogens is 412 g/mol. The molecular formula is C21H25ClN2O4S. The van der Waals surface area contributed by atoms with Crippen molar-refractivity contribution in [2.24, 2.45) is 5.92 Å². The standard InChI is InChI=1S/C21H25ClN2O4S/c1-15-9-10-19(28-2)20(12-15)29(26,27)24-11-5-7-17(14-24)21(25)23-13-16-6-3-4-8-18(16)22/h3-4,6,8-10,12,17H,5,7,11,13-14H2,1-2H3,(H,23,25)/t17-/m0/s1. The van der Waals surface area contributed by atoms with Gasteiger partial charge in [-0.25, -0.2) is 8.42 Å². The highest BCUT2D eigenvalue weighted by Crippen LogP contribution is 2.30. The highest BCUT2D eigenvalue weighted by atomic mass is 35.5. The first-order valence-corrected chi connectivity index (χ1v) is 11.3. The molecule has 1 heterocycles. The zero-order valence-corrected chi connectivity index (χ0v) is 18.1. The summed E-state index contributed by atoms with van der Waals surface area (Å²) in [6.07, 6.45) is 1.27. The number of nitrogens with one attached hydrogen (secondary N) is 1. The van der Waals surface area contributed by atoms with E-state index in [1.807, 2.05) is 25.1 Å². The Hall–Kier alpha value is -2.09. The maximum Gasteiger partial charge on any atom is 0.246 e. The second-order valence-electron chi connectivity index (χ2n) is 7.17. The second kappa shape index (κ2) is 9.15. The Morgan fingerprint density at radius 1 is 1.28 bits per heavy atom. The first-order valence-electron chi connectivity index (χ1n) is 9.49. The predicted molar refractivity (Wildman–Crippen MR) is 113 cm³/mol. The third kappa shape index (κ3) is 4.91. The Kier molecular flexibility index (Phi) is 6.82. The smallest absolute Gasteiger partial charge is 0.246 e. The van der Waals surface area contributed by atoms with Crippen LogP contribution in [0.3, 0.4) is 0 Å². The van der Waals surface area contributed by atoms with Gasteiger partial charge >= 0.3 is 0 Å². The highest BCUT2D eigenvalue weighted by molar-refractivity contribution is 7.89. The van der Waals surface area contributed by atoms with Gasteiger partial charge in [-0.2, -0.15) is 4.31 Å². The number of carbonyl (C=O) groups excluding carboxylic acids is 1. The lowest BCUT2D eigenvalue weighted by atomic mass is 9.99. The van der Waals surface area contributed by atoms with Gasteiger partial charge in [-0.3, -0.25) is 4.79 Å². The number of hydrogen-bond acceptors (Lipinski definition) is 4. The summed E-state index contributed by atoms with van der Waals surface area (Å²) in [6.45, 7) is 2.68. The van der Waals surface area contributed by atoms with Crippen molar-refractivity contribution in [1.82, 2.24) is 9.62 Å². The number of hydrogen-bond donors (Lipinski definition) is 1. The number of ether oxygens (including phenoxy) is 1. The van der Waals surface area contributed by atoms with Crippen molar-refractivity contribution >= 4 is 27.5 Å². The number of rotatable bonds is 6. The van der Waals surface area contributed by atoms with Gasteiger partial charge in [0.25, 0.3) is 0 Å². The number of methoxy groups -OCH3 is 1. The fourth-order valence-electron chi connectivity index (χ4n) is 3.47. The van der Waals surface area contributed by atoms with E-state index in [1.165, 1.54) is 11.4 Å². The summed E-state index contributed by atoms with van der Waals surface area (Å²) in [5, 5.41) is 3.47. The molecule has 0 bridgehead atoms. The number of amides is 1. The maximum atomic E-state index is 13.2. The number of aryl methyl sites for hydroxylation is 1. The summed E-state index contributed by atoms with van der Waals surface area (Å²) in [4.78, 5) is 12.8. The Morgan fingerprint density at radius 2 is 2.03 bits per heavy atom. The van der Waals surface area contributed by atoms with E-state index in [2.05, 4.69) is 5.32 Å². The monoisotopic (exact) mass is 436 g/mol. The third-order valence-corrected chi connectivity index (χ3v) is 7.36. The molecule has 3 rings (SSSR count). The molecule has 1 saturated heterocycles. The number of piperidine rings is 1. The third-order valence-electron chi connectivity index (χ3n) is 5.10. The first kappa shape index (κ1) is 21.6. The fourth-order valence-corrected chi connectivity index (χ4v) is 5.43. The molecule has 8 heteroatoms. The molecule has 1 atom stereocenters. The minimum atomic E-state index is -3.76. The van der Waals surface area contributed by atoms with Gasteiger partial charge in [0.05, 0.1) is 13.0 Å². The lowest BCUT2D eigenvalue weighted by molar-refractivity contribution is -0.126. The Balaban J connectivity index is 1.72. The molecule has 0 unspecified atom stereocenters. The van der Waals surface area contributed by atoms with Crippen LogP contribution in [0.25, 0.3) is 0 Å². The van der Waals surface area contributed by atoms with Crippen LogP contribution in [0, 0.1) is 12.8 Å². The lowest BCUT2D eigenvalue weighted by Crippen LogP contribution is -2.45. The van der Waals surface area contributed by atoms with Crippen molar-refractivity contribution in [3.63, 3.8) is 0 Å². The van der Waals surface area contributed by atoms with Gasteiger partial charge in [0, 0.05) is 24.7 Å². The summed E-state index contributed by atoms with van der Waals surface area (Å²) < 4.78 is 33.1. The molecule has 1 aliphatic heterocycles. The van der Waals surface area contributed by atoms with E-state index in [4.69, 9.17) is 16.3 Å². The van der Waals surface area contributed by atoms with Gasteiger partial charge in [0.15, 0.2) is 0 Å². The molecule has 2 aromatic rings. The van der Waals surface area contributed by atoms with E-state index in [9.17, 15) is 13.2 Å².